The first kappa shape index (κ1) is 13.4. The molecule has 0 bridgehead atoms. The number of ether oxygens (including phenoxy) is 2. The zero-order valence-corrected chi connectivity index (χ0v) is 11.3. The van der Waals surface area contributed by atoms with Crippen LogP contribution in [0.15, 0.2) is 42.7 Å². The van der Waals surface area contributed by atoms with E-state index in [-0.39, 0.29) is 6.42 Å². The van der Waals surface area contributed by atoms with E-state index in [1.165, 1.54) is 0 Å². The van der Waals surface area contributed by atoms with Gasteiger partial charge < -0.3 is 9.47 Å². The van der Waals surface area contributed by atoms with Gasteiger partial charge in [-0.1, -0.05) is 18.2 Å². The van der Waals surface area contributed by atoms with Gasteiger partial charge in [-0.2, -0.15) is 5.10 Å². The zero-order chi connectivity index (χ0) is 14.7. The van der Waals surface area contributed by atoms with Crippen molar-refractivity contribution in [2.24, 2.45) is 0 Å². The van der Waals surface area contributed by atoms with Crippen molar-refractivity contribution in [1.29, 1.82) is 0 Å². The first-order valence-electron chi connectivity index (χ1n) is 6.67. The normalized spacial score (nSPS) is 17.5. The predicted octanol–water partition coefficient (Wildman–Crippen LogP) is 1.27. The number of carbonyl (C=O) groups is 2. The average Bonchev–Trinajstić information content (AvgIpc) is 3.10. The van der Waals surface area contributed by atoms with Crippen LogP contribution in [0, 0.1) is 0 Å². The van der Waals surface area contributed by atoms with Gasteiger partial charge >= 0.3 is 11.9 Å². The molecule has 0 N–H and O–H groups in total. The molecule has 0 saturated carbocycles. The van der Waals surface area contributed by atoms with Crippen molar-refractivity contribution < 1.29 is 19.1 Å². The van der Waals surface area contributed by atoms with Gasteiger partial charge in [-0.15, -0.1) is 0 Å². The van der Waals surface area contributed by atoms with Gasteiger partial charge in [0.25, 0.3) is 0 Å². The molecule has 0 aliphatic carbocycles. The minimum Gasteiger partial charge on any atom is -0.463 e. The first-order chi connectivity index (χ1) is 10.2. The van der Waals surface area contributed by atoms with Gasteiger partial charge in [-0.3, -0.25) is 4.79 Å². The molecule has 2 heterocycles. The third kappa shape index (κ3) is 3.10. The molecule has 6 nitrogen and oxygen atoms in total. The molecule has 1 aliphatic rings. The fraction of sp³-hybridized carbons (Fsp3) is 0.267. The highest BCUT2D eigenvalue weighted by molar-refractivity contribution is 5.81. The summed E-state index contributed by atoms with van der Waals surface area (Å²) in [5.41, 5.74) is 1.65. The lowest BCUT2D eigenvalue weighted by Gasteiger charge is -2.07. The number of hydrogen-bond donors (Lipinski definition) is 0. The topological polar surface area (TPSA) is 70.4 Å². The van der Waals surface area contributed by atoms with Crippen LogP contribution in [0.1, 0.15) is 12.0 Å². The lowest BCUT2D eigenvalue weighted by Crippen LogP contribution is -2.23. The largest absolute Gasteiger partial charge is 0.463 e. The average molecular weight is 286 g/mol. The summed E-state index contributed by atoms with van der Waals surface area (Å²) in [6.45, 7) is 0.308. The standard InChI is InChI=1S/C15H14N2O4/c18-14(21-13-6-7-20-15(13)19)8-11-9-16-17(10-11)12-4-2-1-3-5-12/h1-5,9-10,13H,6-8H2. The highest BCUT2D eigenvalue weighted by Crippen LogP contribution is 2.13. The Morgan fingerprint density at radius 1 is 1.38 bits per heavy atom. The highest BCUT2D eigenvalue weighted by Gasteiger charge is 2.30. The van der Waals surface area contributed by atoms with E-state index in [1.807, 2.05) is 30.3 Å². The second-order valence-corrected chi connectivity index (χ2v) is 4.74. The number of cyclic esters (lactones) is 1. The molecule has 21 heavy (non-hydrogen) atoms. The molecule has 6 heteroatoms. The molecular weight excluding hydrogens is 272 g/mol. The van der Waals surface area contributed by atoms with E-state index < -0.39 is 18.0 Å². The Morgan fingerprint density at radius 3 is 2.90 bits per heavy atom. The predicted molar refractivity (Wildman–Crippen MR) is 72.7 cm³/mol. The van der Waals surface area contributed by atoms with Crippen molar-refractivity contribution in [2.75, 3.05) is 6.61 Å². The Labute approximate surface area is 121 Å². The van der Waals surface area contributed by atoms with E-state index >= 15 is 0 Å². The number of aromatic nitrogens is 2. The molecule has 1 unspecified atom stereocenters. The summed E-state index contributed by atoms with van der Waals surface area (Å²) in [5, 5.41) is 4.20. The van der Waals surface area contributed by atoms with Gasteiger partial charge in [0, 0.05) is 18.2 Å². The van der Waals surface area contributed by atoms with Crippen molar-refractivity contribution >= 4 is 11.9 Å². The molecule has 108 valence electrons. The number of para-hydroxylation sites is 1. The molecule has 1 atom stereocenters. The van der Waals surface area contributed by atoms with Crippen LogP contribution in [0.4, 0.5) is 0 Å². The van der Waals surface area contributed by atoms with Crippen molar-refractivity contribution in [3.63, 3.8) is 0 Å². The SMILES string of the molecule is O=C(Cc1cnn(-c2ccccc2)c1)OC1CCOC1=O. The van der Waals surface area contributed by atoms with Crippen molar-refractivity contribution in [3.8, 4) is 5.69 Å². The van der Waals surface area contributed by atoms with E-state index in [9.17, 15) is 9.59 Å². The Bertz CT molecular complexity index is 651. The smallest absolute Gasteiger partial charge is 0.347 e. The van der Waals surface area contributed by atoms with Gasteiger partial charge in [0.2, 0.25) is 6.10 Å². The van der Waals surface area contributed by atoms with Crippen LogP contribution >= 0.6 is 0 Å². The Kier molecular flexibility index (Phi) is 3.68. The van der Waals surface area contributed by atoms with Gasteiger partial charge in [-0.05, 0) is 12.1 Å². The summed E-state index contributed by atoms with van der Waals surface area (Å²) in [5.74, 6) is -0.921. The van der Waals surface area contributed by atoms with E-state index in [0.29, 0.717) is 13.0 Å². The number of carbonyl (C=O) groups excluding carboxylic acids is 2. The lowest BCUT2D eigenvalue weighted by molar-refractivity contribution is -0.159. The number of benzene rings is 1. The molecular formula is C15H14N2O4. The molecule has 0 radical (unpaired) electrons. The number of esters is 2. The second-order valence-electron chi connectivity index (χ2n) is 4.74. The Balaban J connectivity index is 1.62. The van der Waals surface area contributed by atoms with E-state index in [0.717, 1.165) is 11.3 Å². The molecule has 1 saturated heterocycles. The monoisotopic (exact) mass is 286 g/mol. The van der Waals surface area contributed by atoms with Crippen LogP contribution in [0.5, 0.6) is 0 Å². The van der Waals surface area contributed by atoms with Crippen LogP contribution < -0.4 is 0 Å². The van der Waals surface area contributed by atoms with E-state index in [2.05, 4.69) is 5.10 Å². The minimum atomic E-state index is -0.762. The van der Waals surface area contributed by atoms with Crippen LogP contribution in [0.2, 0.25) is 0 Å². The molecule has 1 aromatic heterocycles. The van der Waals surface area contributed by atoms with Crippen molar-refractivity contribution in [2.45, 2.75) is 18.9 Å². The van der Waals surface area contributed by atoms with Gasteiger partial charge in [0.1, 0.15) is 0 Å². The van der Waals surface area contributed by atoms with Crippen LogP contribution in [0.25, 0.3) is 5.69 Å². The maximum absolute atomic E-state index is 11.8. The Morgan fingerprint density at radius 2 is 2.19 bits per heavy atom. The first-order valence-corrected chi connectivity index (χ1v) is 6.67. The third-order valence-corrected chi connectivity index (χ3v) is 3.17. The fourth-order valence-corrected chi connectivity index (χ4v) is 2.12. The summed E-state index contributed by atoms with van der Waals surface area (Å²) in [6, 6.07) is 9.59. The summed E-state index contributed by atoms with van der Waals surface area (Å²) >= 11 is 0. The molecule has 1 aromatic carbocycles. The number of hydrogen-bond acceptors (Lipinski definition) is 5. The summed E-state index contributed by atoms with van der Waals surface area (Å²) < 4.78 is 11.5. The summed E-state index contributed by atoms with van der Waals surface area (Å²) in [7, 11) is 0. The van der Waals surface area contributed by atoms with Crippen molar-refractivity contribution in [3.05, 3.63) is 48.3 Å². The van der Waals surface area contributed by atoms with E-state index in [1.54, 1.807) is 17.1 Å². The lowest BCUT2D eigenvalue weighted by atomic mass is 10.2. The van der Waals surface area contributed by atoms with Gasteiger partial charge in [0.05, 0.1) is 24.9 Å². The molecule has 0 amide bonds. The molecule has 1 aliphatic heterocycles. The number of rotatable bonds is 4. The highest BCUT2D eigenvalue weighted by atomic mass is 16.6. The van der Waals surface area contributed by atoms with Crippen LogP contribution in [0.3, 0.4) is 0 Å². The minimum absolute atomic E-state index is 0.0800. The van der Waals surface area contributed by atoms with Crippen LogP contribution in [-0.4, -0.2) is 34.4 Å². The number of nitrogens with zero attached hydrogens (tertiary/aromatic N) is 2. The summed E-state index contributed by atoms with van der Waals surface area (Å²) in [4.78, 5) is 23.0. The quantitative estimate of drug-likeness (QED) is 0.792. The maximum Gasteiger partial charge on any atom is 0.347 e. The molecule has 1 fully saturated rings. The Hall–Kier alpha value is -2.63. The van der Waals surface area contributed by atoms with Gasteiger partial charge in [-0.25, -0.2) is 9.48 Å². The molecule has 3 rings (SSSR count). The maximum atomic E-state index is 11.8. The van der Waals surface area contributed by atoms with Gasteiger partial charge in [0.15, 0.2) is 0 Å². The van der Waals surface area contributed by atoms with Crippen molar-refractivity contribution in [1.82, 2.24) is 9.78 Å². The van der Waals surface area contributed by atoms with Crippen LogP contribution in [-0.2, 0) is 25.5 Å². The molecule has 0 spiro atoms. The zero-order valence-electron chi connectivity index (χ0n) is 11.3. The molecule has 2 aromatic rings. The summed E-state index contributed by atoms with van der Waals surface area (Å²) in [6.07, 6.45) is 3.12. The second kappa shape index (κ2) is 5.78. The van der Waals surface area contributed by atoms with E-state index in [4.69, 9.17) is 9.47 Å². The third-order valence-electron chi connectivity index (χ3n) is 3.17. The fourth-order valence-electron chi connectivity index (χ4n) is 2.12.